The van der Waals surface area contributed by atoms with E-state index in [2.05, 4.69) is 17.3 Å². The second-order valence-electron chi connectivity index (χ2n) is 3.39. The van der Waals surface area contributed by atoms with Crippen molar-refractivity contribution in [2.45, 2.75) is 13.5 Å². The summed E-state index contributed by atoms with van der Waals surface area (Å²) in [6.45, 7) is 4.83. The first kappa shape index (κ1) is 10.8. The SMILES string of the molecule is CCNCCn1ncc(N)c1N(C)C. The van der Waals surface area contributed by atoms with Crippen LogP contribution in [0.15, 0.2) is 6.20 Å². The number of nitrogens with zero attached hydrogens (tertiary/aromatic N) is 3. The molecule has 14 heavy (non-hydrogen) atoms. The van der Waals surface area contributed by atoms with Crippen molar-refractivity contribution in [3.63, 3.8) is 0 Å². The van der Waals surface area contributed by atoms with Gasteiger partial charge < -0.3 is 16.0 Å². The van der Waals surface area contributed by atoms with Crippen LogP contribution in [0.5, 0.6) is 0 Å². The molecule has 1 aromatic rings. The molecule has 0 radical (unpaired) electrons. The molecule has 0 bridgehead atoms. The fourth-order valence-corrected chi connectivity index (χ4v) is 1.41. The molecule has 5 nitrogen and oxygen atoms in total. The summed E-state index contributed by atoms with van der Waals surface area (Å²) in [4.78, 5) is 1.98. The van der Waals surface area contributed by atoms with Crippen LogP contribution in [0.25, 0.3) is 0 Å². The predicted octanol–water partition coefficient (Wildman–Crippen LogP) is 0.141. The number of rotatable bonds is 5. The lowest BCUT2D eigenvalue weighted by Crippen LogP contribution is -2.23. The van der Waals surface area contributed by atoms with Gasteiger partial charge in [0.25, 0.3) is 0 Å². The number of anilines is 2. The number of aromatic nitrogens is 2. The normalized spacial score (nSPS) is 10.5. The number of hydrogen-bond donors (Lipinski definition) is 2. The molecule has 0 aliphatic rings. The molecule has 0 saturated carbocycles. The van der Waals surface area contributed by atoms with Crippen molar-refractivity contribution in [3.8, 4) is 0 Å². The molecule has 0 aliphatic carbocycles. The Morgan fingerprint density at radius 1 is 1.57 bits per heavy atom. The summed E-state index contributed by atoms with van der Waals surface area (Å²) in [7, 11) is 3.94. The average Bonchev–Trinajstić information content (AvgIpc) is 2.47. The van der Waals surface area contributed by atoms with E-state index in [0.29, 0.717) is 0 Å². The van der Waals surface area contributed by atoms with Gasteiger partial charge in [0.05, 0.1) is 18.4 Å². The zero-order valence-electron chi connectivity index (χ0n) is 9.12. The molecule has 1 aromatic heterocycles. The fraction of sp³-hybridized carbons (Fsp3) is 0.667. The zero-order chi connectivity index (χ0) is 10.6. The van der Waals surface area contributed by atoms with Crippen molar-refractivity contribution >= 4 is 11.5 Å². The summed E-state index contributed by atoms with van der Waals surface area (Å²) in [6.07, 6.45) is 1.70. The van der Waals surface area contributed by atoms with E-state index < -0.39 is 0 Å². The summed E-state index contributed by atoms with van der Waals surface area (Å²) in [6, 6.07) is 0. The van der Waals surface area contributed by atoms with Crippen LogP contribution in [0, 0.1) is 0 Å². The lowest BCUT2D eigenvalue weighted by atomic mass is 10.5. The van der Waals surface area contributed by atoms with Crippen LogP contribution in [0.3, 0.4) is 0 Å². The van der Waals surface area contributed by atoms with Crippen molar-refractivity contribution < 1.29 is 0 Å². The second kappa shape index (κ2) is 4.85. The molecular formula is C9H19N5. The topological polar surface area (TPSA) is 59.1 Å². The highest BCUT2D eigenvalue weighted by atomic mass is 15.4. The Morgan fingerprint density at radius 3 is 2.86 bits per heavy atom. The summed E-state index contributed by atoms with van der Waals surface area (Å²) >= 11 is 0. The molecule has 0 aliphatic heterocycles. The second-order valence-corrected chi connectivity index (χ2v) is 3.39. The lowest BCUT2D eigenvalue weighted by Gasteiger charge is -2.15. The minimum absolute atomic E-state index is 0.728. The number of nitrogens with two attached hydrogens (primary N) is 1. The van der Waals surface area contributed by atoms with Crippen LogP contribution in [0.1, 0.15) is 6.92 Å². The summed E-state index contributed by atoms with van der Waals surface area (Å²) in [5, 5.41) is 7.47. The van der Waals surface area contributed by atoms with E-state index >= 15 is 0 Å². The molecule has 80 valence electrons. The van der Waals surface area contributed by atoms with E-state index in [1.165, 1.54) is 0 Å². The third kappa shape index (κ3) is 2.38. The van der Waals surface area contributed by atoms with Crippen LogP contribution < -0.4 is 16.0 Å². The van der Waals surface area contributed by atoms with Crippen molar-refractivity contribution in [2.24, 2.45) is 0 Å². The Balaban J connectivity index is 2.66. The quantitative estimate of drug-likeness (QED) is 0.659. The molecule has 0 atom stereocenters. The van der Waals surface area contributed by atoms with Gasteiger partial charge in [-0.15, -0.1) is 0 Å². The van der Waals surface area contributed by atoms with Gasteiger partial charge in [-0.1, -0.05) is 6.92 Å². The van der Waals surface area contributed by atoms with Crippen LogP contribution in [-0.2, 0) is 6.54 Å². The first-order valence-corrected chi connectivity index (χ1v) is 4.86. The van der Waals surface area contributed by atoms with Gasteiger partial charge in [-0.2, -0.15) is 5.10 Å². The maximum atomic E-state index is 5.80. The number of hydrogen-bond acceptors (Lipinski definition) is 4. The number of likely N-dealkylation sites (N-methyl/N-ethyl adjacent to an activating group) is 1. The highest BCUT2D eigenvalue weighted by Crippen LogP contribution is 2.19. The van der Waals surface area contributed by atoms with Gasteiger partial charge in [0.1, 0.15) is 5.82 Å². The van der Waals surface area contributed by atoms with Gasteiger partial charge in [0.15, 0.2) is 0 Å². The van der Waals surface area contributed by atoms with Gasteiger partial charge in [-0.25, -0.2) is 4.68 Å². The molecule has 1 heterocycles. The van der Waals surface area contributed by atoms with E-state index in [0.717, 1.165) is 31.1 Å². The van der Waals surface area contributed by atoms with Gasteiger partial charge in [0.2, 0.25) is 0 Å². The molecular weight excluding hydrogens is 178 g/mol. The summed E-state index contributed by atoms with van der Waals surface area (Å²) in [5.74, 6) is 0.975. The largest absolute Gasteiger partial charge is 0.394 e. The third-order valence-electron chi connectivity index (χ3n) is 2.01. The van der Waals surface area contributed by atoms with E-state index in [4.69, 9.17) is 5.73 Å². The van der Waals surface area contributed by atoms with Gasteiger partial charge in [-0.05, 0) is 6.54 Å². The maximum Gasteiger partial charge on any atom is 0.149 e. The maximum absolute atomic E-state index is 5.80. The van der Waals surface area contributed by atoms with E-state index in [9.17, 15) is 0 Å². The van der Waals surface area contributed by atoms with Crippen molar-refractivity contribution in [2.75, 3.05) is 37.8 Å². The molecule has 0 saturated heterocycles. The third-order valence-corrected chi connectivity index (χ3v) is 2.01. The molecule has 0 aromatic carbocycles. The molecule has 0 unspecified atom stereocenters. The first-order valence-electron chi connectivity index (χ1n) is 4.86. The van der Waals surface area contributed by atoms with Crippen molar-refractivity contribution in [3.05, 3.63) is 6.20 Å². The molecule has 0 amide bonds. The van der Waals surface area contributed by atoms with Gasteiger partial charge in [0, 0.05) is 20.6 Å². The number of nitrogen functional groups attached to an aromatic ring is 1. The first-order chi connectivity index (χ1) is 6.66. The number of nitrogens with one attached hydrogen (secondary N) is 1. The van der Waals surface area contributed by atoms with E-state index in [1.54, 1.807) is 6.20 Å². The smallest absolute Gasteiger partial charge is 0.149 e. The Bertz CT molecular complexity index is 279. The Morgan fingerprint density at radius 2 is 2.29 bits per heavy atom. The fourth-order valence-electron chi connectivity index (χ4n) is 1.41. The van der Waals surface area contributed by atoms with E-state index in [1.807, 2.05) is 23.7 Å². The molecule has 0 fully saturated rings. The Kier molecular flexibility index (Phi) is 3.76. The monoisotopic (exact) mass is 197 g/mol. The van der Waals surface area contributed by atoms with Crippen LogP contribution >= 0.6 is 0 Å². The highest BCUT2D eigenvalue weighted by Gasteiger charge is 2.08. The van der Waals surface area contributed by atoms with Crippen molar-refractivity contribution in [1.29, 1.82) is 0 Å². The highest BCUT2D eigenvalue weighted by molar-refractivity contribution is 5.61. The van der Waals surface area contributed by atoms with E-state index in [-0.39, 0.29) is 0 Å². The van der Waals surface area contributed by atoms with Gasteiger partial charge in [-0.3, -0.25) is 0 Å². The zero-order valence-corrected chi connectivity index (χ0v) is 9.12. The molecule has 1 rings (SSSR count). The molecule has 5 heteroatoms. The average molecular weight is 197 g/mol. The Labute approximate surface area is 84.9 Å². The summed E-state index contributed by atoms with van der Waals surface area (Å²) < 4.78 is 1.91. The van der Waals surface area contributed by atoms with Crippen LogP contribution in [-0.4, -0.2) is 37.0 Å². The van der Waals surface area contributed by atoms with Crippen LogP contribution in [0.2, 0.25) is 0 Å². The molecule has 3 N–H and O–H groups in total. The predicted molar refractivity (Wildman–Crippen MR) is 59.5 cm³/mol. The lowest BCUT2D eigenvalue weighted by molar-refractivity contribution is 0.565. The molecule has 0 spiro atoms. The van der Waals surface area contributed by atoms with Crippen LogP contribution in [0.4, 0.5) is 11.5 Å². The Hall–Kier alpha value is -1.23. The standard InChI is InChI=1S/C9H19N5/c1-4-11-5-6-14-9(13(2)3)8(10)7-12-14/h7,11H,4-6,10H2,1-3H3. The summed E-state index contributed by atoms with van der Waals surface area (Å²) in [5.41, 5.74) is 6.53. The minimum Gasteiger partial charge on any atom is -0.394 e. The minimum atomic E-state index is 0.728. The van der Waals surface area contributed by atoms with Gasteiger partial charge >= 0.3 is 0 Å². The van der Waals surface area contributed by atoms with Crippen molar-refractivity contribution in [1.82, 2.24) is 15.1 Å².